The number of fused-ring (bicyclic) bond motifs is 1. The number of aromatic nitrogens is 5. The molecule has 0 fully saturated rings. The summed E-state index contributed by atoms with van der Waals surface area (Å²) >= 11 is 1.55. The van der Waals surface area contributed by atoms with Crippen LogP contribution in [0.4, 0.5) is 0 Å². The van der Waals surface area contributed by atoms with Gasteiger partial charge >= 0.3 is 0 Å². The van der Waals surface area contributed by atoms with Crippen LogP contribution in [-0.2, 0) is 12.2 Å². The molecule has 0 bridgehead atoms. The molecule has 0 saturated heterocycles. The lowest BCUT2D eigenvalue weighted by Gasteiger charge is -2.04. The van der Waals surface area contributed by atoms with E-state index in [1.807, 2.05) is 37.3 Å². The molecule has 0 saturated carbocycles. The molecule has 1 N–H and O–H groups in total. The fourth-order valence-electron chi connectivity index (χ4n) is 2.83. The second kappa shape index (κ2) is 7.36. The highest BCUT2D eigenvalue weighted by Crippen LogP contribution is 2.21. The SMILES string of the molecule is Cc1ccc(Cc2nn3c(SCc4cccc(C)c4)nnc3[nH]c2=O)cc1. The zero-order chi connectivity index (χ0) is 18.8. The molecule has 0 radical (unpaired) electrons. The number of nitrogens with zero attached hydrogens (tertiary/aromatic N) is 4. The standard InChI is InChI=1S/C20H19N5OS/c1-13-6-8-15(9-7-13)11-17-18(26)21-19-22-23-20(25(19)24-17)27-12-16-5-3-4-14(2)10-16/h3-10H,11-12H2,1-2H3,(H,21,22,26). The van der Waals surface area contributed by atoms with Gasteiger partial charge in [0.1, 0.15) is 5.69 Å². The Balaban J connectivity index is 1.61. The first-order chi connectivity index (χ1) is 13.1. The van der Waals surface area contributed by atoms with Crippen molar-refractivity contribution in [2.75, 3.05) is 0 Å². The highest BCUT2D eigenvalue weighted by Gasteiger charge is 2.12. The monoisotopic (exact) mass is 377 g/mol. The number of thioether (sulfide) groups is 1. The highest BCUT2D eigenvalue weighted by molar-refractivity contribution is 7.98. The lowest BCUT2D eigenvalue weighted by atomic mass is 10.1. The average Bonchev–Trinajstić information content (AvgIpc) is 3.04. The predicted octanol–water partition coefficient (Wildman–Crippen LogP) is 3.31. The molecule has 0 atom stereocenters. The van der Waals surface area contributed by atoms with Crippen LogP contribution in [0, 0.1) is 13.8 Å². The van der Waals surface area contributed by atoms with Gasteiger partial charge in [-0.3, -0.25) is 9.78 Å². The van der Waals surface area contributed by atoms with Crippen LogP contribution in [0.25, 0.3) is 5.78 Å². The first-order valence-electron chi connectivity index (χ1n) is 8.67. The van der Waals surface area contributed by atoms with Gasteiger partial charge in [0.2, 0.25) is 5.16 Å². The van der Waals surface area contributed by atoms with Gasteiger partial charge in [0.05, 0.1) is 0 Å². The van der Waals surface area contributed by atoms with Gasteiger partial charge in [-0.05, 0) is 25.0 Å². The van der Waals surface area contributed by atoms with Crippen molar-refractivity contribution in [2.45, 2.75) is 31.2 Å². The number of hydrogen-bond acceptors (Lipinski definition) is 5. The lowest BCUT2D eigenvalue weighted by molar-refractivity contribution is 0.756. The number of nitrogens with one attached hydrogen (secondary N) is 1. The Bertz CT molecular complexity index is 1150. The maximum absolute atomic E-state index is 12.3. The van der Waals surface area contributed by atoms with Gasteiger partial charge in [0.15, 0.2) is 0 Å². The Hall–Kier alpha value is -2.93. The van der Waals surface area contributed by atoms with Crippen LogP contribution in [-0.4, -0.2) is 24.8 Å². The fourth-order valence-corrected chi connectivity index (χ4v) is 3.65. The molecule has 0 unspecified atom stereocenters. The molecule has 4 aromatic rings. The molecular weight excluding hydrogens is 358 g/mol. The molecule has 0 aliphatic rings. The molecule has 6 nitrogen and oxygen atoms in total. The van der Waals surface area contributed by atoms with E-state index in [1.165, 1.54) is 16.7 Å². The van der Waals surface area contributed by atoms with E-state index in [2.05, 4.69) is 45.4 Å². The third kappa shape index (κ3) is 3.93. The Labute approximate surface area is 160 Å². The molecule has 0 aliphatic carbocycles. The molecule has 0 amide bonds. The Morgan fingerprint density at radius 1 is 1.00 bits per heavy atom. The molecule has 0 aliphatic heterocycles. The molecule has 4 rings (SSSR count). The molecule has 2 aromatic heterocycles. The molecule has 0 spiro atoms. The summed E-state index contributed by atoms with van der Waals surface area (Å²) in [5.74, 6) is 1.12. The Kier molecular flexibility index (Phi) is 4.77. The second-order valence-corrected chi connectivity index (χ2v) is 7.50. The quantitative estimate of drug-likeness (QED) is 0.540. The summed E-state index contributed by atoms with van der Waals surface area (Å²) in [6.45, 7) is 4.11. The molecule has 2 aromatic carbocycles. The van der Waals surface area contributed by atoms with Crippen molar-refractivity contribution >= 4 is 17.5 Å². The summed E-state index contributed by atoms with van der Waals surface area (Å²) in [5.41, 5.74) is 4.88. The van der Waals surface area contributed by atoms with E-state index in [9.17, 15) is 4.79 Å². The number of aryl methyl sites for hydroxylation is 2. The molecule has 2 heterocycles. The van der Waals surface area contributed by atoms with Crippen molar-refractivity contribution in [2.24, 2.45) is 0 Å². The summed E-state index contributed by atoms with van der Waals surface area (Å²) < 4.78 is 1.62. The largest absolute Gasteiger partial charge is 0.288 e. The minimum absolute atomic E-state index is 0.231. The normalized spacial score (nSPS) is 11.2. The lowest BCUT2D eigenvalue weighted by Crippen LogP contribution is -2.19. The van der Waals surface area contributed by atoms with Crippen LogP contribution in [0.5, 0.6) is 0 Å². The molecular formula is C20H19N5OS. The van der Waals surface area contributed by atoms with Crippen molar-refractivity contribution in [3.8, 4) is 0 Å². The summed E-state index contributed by atoms with van der Waals surface area (Å²) in [7, 11) is 0. The summed E-state index contributed by atoms with van der Waals surface area (Å²) in [5, 5.41) is 13.4. The van der Waals surface area contributed by atoms with E-state index in [-0.39, 0.29) is 5.56 Å². The summed E-state index contributed by atoms with van der Waals surface area (Å²) in [6.07, 6.45) is 0.464. The minimum Gasteiger partial charge on any atom is -0.288 e. The fraction of sp³-hybridized carbons (Fsp3) is 0.200. The van der Waals surface area contributed by atoms with E-state index in [1.54, 1.807) is 16.3 Å². The smallest absolute Gasteiger partial charge is 0.274 e. The van der Waals surface area contributed by atoms with Crippen LogP contribution in [0.15, 0.2) is 58.5 Å². The van der Waals surface area contributed by atoms with Crippen LogP contribution < -0.4 is 5.56 Å². The number of benzene rings is 2. The Morgan fingerprint density at radius 3 is 2.59 bits per heavy atom. The van der Waals surface area contributed by atoms with Crippen molar-refractivity contribution < 1.29 is 0 Å². The van der Waals surface area contributed by atoms with Crippen LogP contribution in [0.1, 0.15) is 27.9 Å². The van der Waals surface area contributed by atoms with Gasteiger partial charge < -0.3 is 0 Å². The number of H-pyrrole nitrogens is 1. The molecule has 7 heteroatoms. The zero-order valence-electron chi connectivity index (χ0n) is 15.1. The van der Waals surface area contributed by atoms with E-state index < -0.39 is 0 Å². The first kappa shape index (κ1) is 17.5. The van der Waals surface area contributed by atoms with Gasteiger partial charge in [0.25, 0.3) is 11.3 Å². The topological polar surface area (TPSA) is 75.9 Å². The maximum atomic E-state index is 12.3. The number of aromatic amines is 1. The van der Waals surface area contributed by atoms with Crippen LogP contribution in [0.3, 0.4) is 0 Å². The van der Waals surface area contributed by atoms with Crippen molar-refractivity contribution in [1.82, 2.24) is 24.8 Å². The second-order valence-electron chi connectivity index (χ2n) is 6.56. The molecule has 136 valence electrons. The maximum Gasteiger partial charge on any atom is 0.274 e. The summed E-state index contributed by atoms with van der Waals surface area (Å²) in [4.78, 5) is 15.1. The van der Waals surface area contributed by atoms with Crippen LogP contribution in [0.2, 0.25) is 0 Å². The van der Waals surface area contributed by atoms with Gasteiger partial charge in [-0.25, -0.2) is 0 Å². The highest BCUT2D eigenvalue weighted by atomic mass is 32.2. The van der Waals surface area contributed by atoms with Gasteiger partial charge in [-0.15, -0.1) is 10.2 Å². The van der Waals surface area contributed by atoms with E-state index in [0.29, 0.717) is 23.0 Å². The van der Waals surface area contributed by atoms with Crippen LogP contribution >= 0.6 is 11.8 Å². The van der Waals surface area contributed by atoms with E-state index >= 15 is 0 Å². The van der Waals surface area contributed by atoms with E-state index in [0.717, 1.165) is 11.3 Å². The minimum atomic E-state index is -0.231. The van der Waals surface area contributed by atoms with E-state index in [4.69, 9.17) is 0 Å². The van der Waals surface area contributed by atoms with Crippen molar-refractivity contribution in [1.29, 1.82) is 0 Å². The number of hydrogen-bond donors (Lipinski definition) is 1. The molecule has 27 heavy (non-hydrogen) atoms. The zero-order valence-corrected chi connectivity index (χ0v) is 16.0. The van der Waals surface area contributed by atoms with Gasteiger partial charge in [0, 0.05) is 12.2 Å². The third-order valence-electron chi connectivity index (χ3n) is 4.26. The third-order valence-corrected chi connectivity index (χ3v) is 5.25. The number of rotatable bonds is 5. The van der Waals surface area contributed by atoms with Gasteiger partial charge in [-0.2, -0.15) is 9.61 Å². The van der Waals surface area contributed by atoms with Gasteiger partial charge in [-0.1, -0.05) is 71.4 Å². The van der Waals surface area contributed by atoms with Crippen molar-refractivity contribution in [3.63, 3.8) is 0 Å². The summed E-state index contributed by atoms with van der Waals surface area (Å²) in [6, 6.07) is 16.4. The van der Waals surface area contributed by atoms with Crippen molar-refractivity contribution in [3.05, 3.63) is 86.8 Å². The first-order valence-corrected chi connectivity index (χ1v) is 9.65. The Morgan fingerprint density at radius 2 is 1.81 bits per heavy atom. The average molecular weight is 377 g/mol. The predicted molar refractivity (Wildman–Crippen MR) is 106 cm³/mol.